The predicted molar refractivity (Wildman–Crippen MR) is 98.3 cm³/mol. The van der Waals surface area contributed by atoms with Crippen LogP contribution < -0.4 is 5.32 Å². The van der Waals surface area contributed by atoms with Gasteiger partial charge in [-0.1, -0.05) is 36.4 Å². The fourth-order valence-electron chi connectivity index (χ4n) is 2.17. The van der Waals surface area contributed by atoms with Crippen LogP contribution in [0.25, 0.3) is 0 Å². The van der Waals surface area contributed by atoms with Crippen LogP contribution in [0.2, 0.25) is 0 Å². The molecule has 0 saturated carbocycles. The first-order valence-electron chi connectivity index (χ1n) is 8.56. The maximum Gasteiger partial charge on any atom is 0.408 e. The zero-order chi connectivity index (χ0) is 18.7. The minimum atomic E-state index is -0.610. The molecule has 1 atom stereocenters. The van der Waals surface area contributed by atoms with Gasteiger partial charge in [-0.25, -0.2) is 4.79 Å². The largest absolute Gasteiger partial charge is 0.444 e. The number of carbonyl (C=O) groups is 2. The third-order valence-electron chi connectivity index (χ3n) is 3.31. The van der Waals surface area contributed by atoms with Crippen LogP contribution in [0.5, 0.6) is 0 Å². The van der Waals surface area contributed by atoms with Gasteiger partial charge in [0.25, 0.3) is 0 Å². The van der Waals surface area contributed by atoms with E-state index in [9.17, 15) is 9.59 Å². The normalized spacial score (nSPS) is 12.3. The average molecular weight is 347 g/mol. The lowest BCUT2D eigenvalue weighted by atomic mass is 10.1. The van der Waals surface area contributed by atoms with Crippen molar-refractivity contribution in [1.29, 1.82) is 0 Å². The Morgan fingerprint density at radius 1 is 1.24 bits per heavy atom. The second kappa shape index (κ2) is 10.7. The van der Waals surface area contributed by atoms with Gasteiger partial charge in [-0.3, -0.25) is 4.79 Å². The molecule has 0 aromatic heterocycles. The van der Waals surface area contributed by atoms with E-state index in [-0.39, 0.29) is 5.78 Å². The van der Waals surface area contributed by atoms with Crippen molar-refractivity contribution in [3.8, 4) is 0 Å². The van der Waals surface area contributed by atoms with E-state index in [0.29, 0.717) is 32.5 Å². The van der Waals surface area contributed by atoms with Gasteiger partial charge in [0.1, 0.15) is 5.60 Å². The maximum atomic E-state index is 12.3. The number of rotatable bonds is 10. The molecule has 1 aromatic carbocycles. The molecule has 0 saturated heterocycles. The summed E-state index contributed by atoms with van der Waals surface area (Å²) in [6.07, 6.45) is 2.35. The molecule has 0 radical (unpaired) electrons. The second-order valence-electron chi connectivity index (χ2n) is 6.83. The zero-order valence-corrected chi connectivity index (χ0v) is 15.4. The summed E-state index contributed by atoms with van der Waals surface area (Å²) in [6.45, 7) is 10.00. The molecule has 5 nitrogen and oxygen atoms in total. The first-order valence-corrected chi connectivity index (χ1v) is 8.56. The van der Waals surface area contributed by atoms with Gasteiger partial charge in [0.05, 0.1) is 12.6 Å². The number of amides is 1. The van der Waals surface area contributed by atoms with Crippen LogP contribution in [0.1, 0.15) is 45.6 Å². The van der Waals surface area contributed by atoms with Crippen molar-refractivity contribution in [3.05, 3.63) is 48.6 Å². The highest BCUT2D eigenvalue weighted by atomic mass is 16.6. The maximum absolute atomic E-state index is 12.3. The quantitative estimate of drug-likeness (QED) is 0.513. The van der Waals surface area contributed by atoms with E-state index in [1.165, 1.54) is 0 Å². The molecule has 0 heterocycles. The monoisotopic (exact) mass is 347 g/mol. The highest BCUT2D eigenvalue weighted by Crippen LogP contribution is 2.09. The third-order valence-corrected chi connectivity index (χ3v) is 3.31. The van der Waals surface area contributed by atoms with Gasteiger partial charge in [-0.2, -0.15) is 0 Å². The van der Waals surface area contributed by atoms with Crippen LogP contribution in [0.3, 0.4) is 0 Å². The van der Waals surface area contributed by atoms with Crippen LogP contribution >= 0.6 is 0 Å². The van der Waals surface area contributed by atoms with E-state index in [4.69, 9.17) is 9.47 Å². The van der Waals surface area contributed by atoms with Crippen molar-refractivity contribution in [1.82, 2.24) is 5.32 Å². The summed E-state index contributed by atoms with van der Waals surface area (Å²) >= 11 is 0. The molecule has 1 rings (SSSR count). The molecule has 0 aliphatic carbocycles. The number of hydrogen-bond donors (Lipinski definition) is 1. The van der Waals surface area contributed by atoms with Crippen molar-refractivity contribution in [2.24, 2.45) is 0 Å². The molecule has 1 amide bonds. The Balaban J connectivity index is 2.32. The van der Waals surface area contributed by atoms with Crippen LogP contribution in [0, 0.1) is 0 Å². The van der Waals surface area contributed by atoms with Gasteiger partial charge in [0, 0.05) is 13.0 Å². The third kappa shape index (κ3) is 9.67. The number of benzene rings is 1. The average Bonchev–Trinajstić information content (AvgIpc) is 2.53. The summed E-state index contributed by atoms with van der Waals surface area (Å²) < 4.78 is 10.8. The van der Waals surface area contributed by atoms with Crippen LogP contribution in [0.15, 0.2) is 43.0 Å². The smallest absolute Gasteiger partial charge is 0.408 e. The van der Waals surface area contributed by atoms with Crippen molar-refractivity contribution in [3.63, 3.8) is 0 Å². The van der Waals surface area contributed by atoms with E-state index < -0.39 is 17.7 Å². The van der Waals surface area contributed by atoms with Crippen molar-refractivity contribution >= 4 is 11.9 Å². The number of ether oxygens (including phenoxy) is 2. The molecule has 5 heteroatoms. The Morgan fingerprint density at radius 3 is 2.52 bits per heavy atom. The molecule has 1 N–H and O–H groups in total. The Kier molecular flexibility index (Phi) is 8.92. The van der Waals surface area contributed by atoms with Crippen LogP contribution in [0.4, 0.5) is 4.79 Å². The van der Waals surface area contributed by atoms with E-state index in [2.05, 4.69) is 11.9 Å². The number of alkyl carbamates (subject to hydrolysis) is 1. The first-order chi connectivity index (χ1) is 11.8. The van der Waals surface area contributed by atoms with Gasteiger partial charge in [0.15, 0.2) is 5.78 Å². The van der Waals surface area contributed by atoms with Gasteiger partial charge >= 0.3 is 6.09 Å². The number of nitrogens with one attached hydrogen (secondary N) is 1. The standard InChI is InChI=1S/C20H29NO4/c1-5-10-17(21-19(23)25-20(2,3)4)18(22)13-9-14-24-15-16-11-7-6-8-12-16/h5-8,11-12,17H,1,9-10,13-15H2,2-4H3,(H,21,23). The number of carbonyl (C=O) groups excluding carboxylic acids is 2. The van der Waals surface area contributed by atoms with Gasteiger partial charge in [-0.15, -0.1) is 6.58 Å². The van der Waals surface area contributed by atoms with Gasteiger partial charge in [-0.05, 0) is 39.2 Å². The highest BCUT2D eigenvalue weighted by Gasteiger charge is 2.22. The van der Waals surface area contributed by atoms with Crippen molar-refractivity contribution in [2.45, 2.75) is 58.3 Å². The Labute approximate surface area is 150 Å². The second-order valence-corrected chi connectivity index (χ2v) is 6.83. The van der Waals surface area contributed by atoms with Gasteiger partial charge < -0.3 is 14.8 Å². The number of Topliss-reactive ketones (excluding diaryl/α,β-unsaturated/α-hetero) is 1. The van der Waals surface area contributed by atoms with E-state index in [1.807, 2.05) is 30.3 Å². The molecule has 25 heavy (non-hydrogen) atoms. The summed E-state index contributed by atoms with van der Waals surface area (Å²) in [7, 11) is 0. The molecule has 0 aliphatic rings. The first kappa shape index (κ1) is 20.9. The lowest BCUT2D eigenvalue weighted by Gasteiger charge is -2.22. The predicted octanol–water partition coefficient (Wildman–Crippen LogP) is 4.02. The summed E-state index contributed by atoms with van der Waals surface area (Å²) in [5, 5.41) is 2.62. The lowest BCUT2D eigenvalue weighted by Crippen LogP contribution is -2.43. The topological polar surface area (TPSA) is 64.6 Å². The molecule has 0 fully saturated rings. The van der Waals surface area contributed by atoms with Crippen molar-refractivity contribution < 1.29 is 19.1 Å². The zero-order valence-electron chi connectivity index (χ0n) is 15.4. The summed E-state index contributed by atoms with van der Waals surface area (Å²) in [5.41, 5.74) is 0.502. The fraction of sp³-hybridized carbons (Fsp3) is 0.500. The molecule has 1 unspecified atom stereocenters. The van der Waals surface area contributed by atoms with E-state index in [0.717, 1.165) is 5.56 Å². The Morgan fingerprint density at radius 2 is 1.92 bits per heavy atom. The SMILES string of the molecule is C=CCC(NC(=O)OC(C)(C)C)C(=O)CCCOCc1ccccc1. The summed E-state index contributed by atoms with van der Waals surface area (Å²) in [4.78, 5) is 24.1. The fourth-order valence-corrected chi connectivity index (χ4v) is 2.17. The number of ketones is 1. The van der Waals surface area contributed by atoms with E-state index in [1.54, 1.807) is 26.8 Å². The van der Waals surface area contributed by atoms with E-state index >= 15 is 0 Å². The summed E-state index contributed by atoms with van der Waals surface area (Å²) in [6, 6.07) is 9.27. The van der Waals surface area contributed by atoms with Crippen LogP contribution in [-0.2, 0) is 20.9 Å². The van der Waals surface area contributed by atoms with Gasteiger partial charge in [0.2, 0.25) is 0 Å². The molecule has 0 spiro atoms. The van der Waals surface area contributed by atoms with Crippen molar-refractivity contribution in [2.75, 3.05) is 6.61 Å². The summed E-state index contributed by atoms with van der Waals surface area (Å²) in [5.74, 6) is -0.0472. The minimum absolute atomic E-state index is 0.0472. The Hall–Kier alpha value is -2.14. The molecular formula is C20H29NO4. The molecule has 0 aliphatic heterocycles. The molecule has 1 aromatic rings. The van der Waals surface area contributed by atoms with Crippen LogP contribution in [-0.4, -0.2) is 30.1 Å². The molecule has 0 bridgehead atoms. The minimum Gasteiger partial charge on any atom is -0.444 e. The Bertz CT molecular complexity index is 549. The molecular weight excluding hydrogens is 318 g/mol. The lowest BCUT2D eigenvalue weighted by molar-refractivity contribution is -0.121. The number of hydrogen-bond acceptors (Lipinski definition) is 4. The highest BCUT2D eigenvalue weighted by molar-refractivity contribution is 5.87. The molecule has 138 valence electrons.